The van der Waals surface area contributed by atoms with E-state index in [2.05, 4.69) is 11.1 Å². The molecule has 15 heavy (non-hydrogen) atoms. The Labute approximate surface area is 98.5 Å². The normalized spacial score (nSPS) is 10.2. The molecule has 0 fully saturated rings. The predicted octanol–water partition coefficient (Wildman–Crippen LogP) is 4.03. The van der Waals surface area contributed by atoms with Gasteiger partial charge in [-0.15, -0.1) is 11.8 Å². The van der Waals surface area contributed by atoms with Crippen molar-refractivity contribution >= 4 is 23.4 Å². The van der Waals surface area contributed by atoms with Crippen molar-refractivity contribution in [2.24, 2.45) is 0 Å². The molecule has 3 heteroatoms. The van der Waals surface area contributed by atoms with Crippen LogP contribution in [0.25, 0.3) is 0 Å². The van der Waals surface area contributed by atoms with Crippen LogP contribution in [0.2, 0.25) is 5.02 Å². The monoisotopic (exact) mass is 235 g/mol. The molecular weight excluding hydrogens is 226 g/mol. The Morgan fingerprint density at radius 1 is 1.13 bits per heavy atom. The van der Waals surface area contributed by atoms with E-state index in [0.29, 0.717) is 0 Å². The summed E-state index contributed by atoms with van der Waals surface area (Å²) in [6.45, 7) is 0. The zero-order chi connectivity index (χ0) is 10.5. The zero-order valence-electron chi connectivity index (χ0n) is 8.06. The first-order valence-corrected chi connectivity index (χ1v) is 5.99. The lowest BCUT2D eigenvalue weighted by Gasteiger charge is -2.01. The molecule has 0 amide bonds. The standard InChI is InChI=1S/C12H10ClNS/c13-11-5-3-4-10(8-11)9-15-12-6-1-2-7-14-12/h1-8H,9H2. The van der Waals surface area contributed by atoms with Gasteiger partial charge in [0.2, 0.25) is 0 Å². The van der Waals surface area contributed by atoms with Crippen LogP contribution in [0.3, 0.4) is 0 Å². The molecule has 0 saturated heterocycles. The van der Waals surface area contributed by atoms with Crippen molar-refractivity contribution in [1.29, 1.82) is 0 Å². The summed E-state index contributed by atoms with van der Waals surface area (Å²) in [6.07, 6.45) is 1.81. The molecule has 0 saturated carbocycles. The van der Waals surface area contributed by atoms with Gasteiger partial charge < -0.3 is 0 Å². The van der Waals surface area contributed by atoms with Crippen LogP contribution >= 0.6 is 23.4 Å². The molecule has 0 N–H and O–H groups in total. The summed E-state index contributed by atoms with van der Waals surface area (Å²) in [5.74, 6) is 0.900. The topological polar surface area (TPSA) is 12.9 Å². The van der Waals surface area contributed by atoms with Gasteiger partial charge in [-0.05, 0) is 29.8 Å². The number of halogens is 1. The van der Waals surface area contributed by atoms with Gasteiger partial charge in [-0.25, -0.2) is 4.98 Å². The lowest BCUT2D eigenvalue weighted by Crippen LogP contribution is -1.82. The van der Waals surface area contributed by atoms with E-state index >= 15 is 0 Å². The third-order valence-corrected chi connectivity index (χ3v) is 3.16. The average molecular weight is 236 g/mol. The molecule has 0 radical (unpaired) electrons. The molecule has 76 valence electrons. The minimum absolute atomic E-state index is 0.786. The molecule has 0 unspecified atom stereocenters. The van der Waals surface area contributed by atoms with Gasteiger partial charge >= 0.3 is 0 Å². The Kier molecular flexibility index (Phi) is 3.64. The lowest BCUT2D eigenvalue weighted by atomic mass is 10.2. The summed E-state index contributed by atoms with van der Waals surface area (Å²) in [7, 11) is 0. The van der Waals surface area contributed by atoms with E-state index in [1.807, 2.05) is 36.4 Å². The molecule has 0 aliphatic heterocycles. The summed E-state index contributed by atoms with van der Waals surface area (Å²) >= 11 is 7.61. The van der Waals surface area contributed by atoms with Crippen molar-refractivity contribution in [2.45, 2.75) is 10.8 Å². The van der Waals surface area contributed by atoms with E-state index in [4.69, 9.17) is 11.6 Å². The second kappa shape index (κ2) is 5.19. The van der Waals surface area contributed by atoms with Crippen molar-refractivity contribution in [3.8, 4) is 0 Å². The Bertz CT molecular complexity index is 431. The number of thioether (sulfide) groups is 1. The molecule has 0 aliphatic rings. The largest absolute Gasteiger partial charge is 0.250 e. The van der Waals surface area contributed by atoms with Crippen LogP contribution in [-0.2, 0) is 5.75 Å². The number of benzene rings is 1. The number of aromatic nitrogens is 1. The average Bonchev–Trinajstić information content (AvgIpc) is 2.28. The molecule has 0 aliphatic carbocycles. The fourth-order valence-electron chi connectivity index (χ4n) is 1.22. The van der Waals surface area contributed by atoms with E-state index in [0.717, 1.165) is 15.8 Å². The first-order valence-electron chi connectivity index (χ1n) is 4.63. The highest BCUT2D eigenvalue weighted by Crippen LogP contribution is 2.21. The number of hydrogen-bond donors (Lipinski definition) is 0. The molecule has 1 nitrogen and oxygen atoms in total. The maximum Gasteiger partial charge on any atom is 0.0963 e. The highest BCUT2D eigenvalue weighted by Gasteiger charge is 1.97. The molecule has 2 rings (SSSR count). The van der Waals surface area contributed by atoms with Gasteiger partial charge in [0.05, 0.1) is 5.03 Å². The van der Waals surface area contributed by atoms with Gasteiger partial charge in [0.25, 0.3) is 0 Å². The van der Waals surface area contributed by atoms with Crippen LogP contribution in [0.1, 0.15) is 5.56 Å². The highest BCUT2D eigenvalue weighted by atomic mass is 35.5. The maximum atomic E-state index is 5.90. The van der Waals surface area contributed by atoms with Crippen LogP contribution in [0.4, 0.5) is 0 Å². The summed E-state index contributed by atoms with van der Waals surface area (Å²) in [6, 6.07) is 13.8. The van der Waals surface area contributed by atoms with E-state index in [-0.39, 0.29) is 0 Å². The van der Waals surface area contributed by atoms with Crippen LogP contribution in [-0.4, -0.2) is 4.98 Å². The van der Waals surface area contributed by atoms with Crippen molar-refractivity contribution in [2.75, 3.05) is 0 Å². The predicted molar refractivity (Wildman–Crippen MR) is 65.3 cm³/mol. The SMILES string of the molecule is Clc1cccc(CSc2ccccn2)c1. The fraction of sp³-hybridized carbons (Fsp3) is 0.0833. The molecule has 2 aromatic rings. The Balaban J connectivity index is 1.99. The molecule has 1 aromatic carbocycles. The van der Waals surface area contributed by atoms with E-state index < -0.39 is 0 Å². The maximum absolute atomic E-state index is 5.90. The number of rotatable bonds is 3. The van der Waals surface area contributed by atoms with Crippen LogP contribution in [0.15, 0.2) is 53.7 Å². The van der Waals surface area contributed by atoms with Crippen molar-refractivity contribution in [3.63, 3.8) is 0 Å². The molecule has 1 heterocycles. The third kappa shape index (κ3) is 3.26. The minimum Gasteiger partial charge on any atom is -0.250 e. The lowest BCUT2D eigenvalue weighted by molar-refractivity contribution is 1.13. The molecular formula is C12H10ClNS. The third-order valence-electron chi connectivity index (χ3n) is 1.91. The van der Waals surface area contributed by atoms with Crippen LogP contribution < -0.4 is 0 Å². The van der Waals surface area contributed by atoms with Crippen molar-refractivity contribution in [3.05, 3.63) is 59.2 Å². The first-order chi connectivity index (χ1) is 7.34. The fourth-order valence-corrected chi connectivity index (χ4v) is 2.23. The van der Waals surface area contributed by atoms with E-state index in [9.17, 15) is 0 Å². The smallest absolute Gasteiger partial charge is 0.0963 e. The Morgan fingerprint density at radius 2 is 2.07 bits per heavy atom. The molecule has 1 aromatic heterocycles. The van der Waals surface area contributed by atoms with Gasteiger partial charge in [-0.3, -0.25) is 0 Å². The zero-order valence-corrected chi connectivity index (χ0v) is 9.63. The number of hydrogen-bond acceptors (Lipinski definition) is 2. The summed E-state index contributed by atoms with van der Waals surface area (Å²) in [4.78, 5) is 4.25. The van der Waals surface area contributed by atoms with E-state index in [1.54, 1.807) is 18.0 Å². The van der Waals surface area contributed by atoms with Gasteiger partial charge in [-0.2, -0.15) is 0 Å². The minimum atomic E-state index is 0.786. The van der Waals surface area contributed by atoms with Crippen molar-refractivity contribution in [1.82, 2.24) is 4.98 Å². The molecule has 0 bridgehead atoms. The second-order valence-corrected chi connectivity index (χ2v) is 4.52. The van der Waals surface area contributed by atoms with Gasteiger partial charge in [-0.1, -0.05) is 29.8 Å². The van der Waals surface area contributed by atoms with Gasteiger partial charge in [0, 0.05) is 17.0 Å². The Morgan fingerprint density at radius 3 is 2.80 bits per heavy atom. The quantitative estimate of drug-likeness (QED) is 0.745. The van der Waals surface area contributed by atoms with Crippen LogP contribution in [0, 0.1) is 0 Å². The molecule has 0 atom stereocenters. The number of nitrogens with zero attached hydrogens (tertiary/aromatic N) is 1. The highest BCUT2D eigenvalue weighted by molar-refractivity contribution is 7.98. The summed E-state index contributed by atoms with van der Waals surface area (Å²) < 4.78 is 0. The van der Waals surface area contributed by atoms with Crippen LogP contribution in [0.5, 0.6) is 0 Å². The number of pyridine rings is 1. The van der Waals surface area contributed by atoms with Gasteiger partial charge in [0.15, 0.2) is 0 Å². The summed E-state index contributed by atoms with van der Waals surface area (Å²) in [5.41, 5.74) is 1.22. The van der Waals surface area contributed by atoms with Gasteiger partial charge in [0.1, 0.15) is 0 Å². The van der Waals surface area contributed by atoms with Crippen molar-refractivity contribution < 1.29 is 0 Å². The van der Waals surface area contributed by atoms with E-state index in [1.165, 1.54) is 5.56 Å². The Hall–Kier alpha value is -0.990. The summed E-state index contributed by atoms with van der Waals surface area (Å²) in [5, 5.41) is 1.83. The molecule has 0 spiro atoms. The first kappa shape index (κ1) is 10.5. The second-order valence-electron chi connectivity index (χ2n) is 3.09.